The number of aromatic amines is 1. The lowest BCUT2D eigenvalue weighted by atomic mass is 10.0. The van der Waals surface area contributed by atoms with Gasteiger partial charge in [-0.25, -0.2) is 9.97 Å². The lowest BCUT2D eigenvalue weighted by Crippen LogP contribution is -1.95. The predicted molar refractivity (Wildman–Crippen MR) is 86.9 cm³/mol. The summed E-state index contributed by atoms with van der Waals surface area (Å²) in [7, 11) is 0. The Hall–Kier alpha value is -2.69. The summed E-state index contributed by atoms with van der Waals surface area (Å²) >= 11 is 0. The third kappa shape index (κ3) is 1.82. The highest BCUT2D eigenvalue weighted by molar-refractivity contribution is 5.90. The summed E-state index contributed by atoms with van der Waals surface area (Å²) in [6.45, 7) is 6.24. The van der Waals surface area contributed by atoms with Crippen molar-refractivity contribution in [1.29, 1.82) is 0 Å². The van der Waals surface area contributed by atoms with Crippen LogP contribution in [0.1, 0.15) is 23.9 Å². The van der Waals surface area contributed by atoms with Crippen molar-refractivity contribution >= 4 is 16.6 Å². The van der Waals surface area contributed by atoms with Gasteiger partial charge in [0.2, 0.25) is 0 Å². The van der Waals surface area contributed by atoms with Crippen LogP contribution in [0.3, 0.4) is 0 Å². The molecule has 3 heterocycles. The minimum atomic E-state index is 0.917. The van der Waals surface area contributed by atoms with Crippen molar-refractivity contribution < 1.29 is 0 Å². The fourth-order valence-electron chi connectivity index (χ4n) is 2.98. The SMILES string of the molecule is CCc1cn2cnc(C)c(-c3cc(C)c4[nH]ncc4c3)c2n1. The van der Waals surface area contributed by atoms with Gasteiger partial charge in [-0.2, -0.15) is 5.10 Å². The van der Waals surface area contributed by atoms with E-state index in [2.05, 4.69) is 47.4 Å². The zero-order valence-electron chi connectivity index (χ0n) is 12.9. The third-order valence-electron chi connectivity index (χ3n) is 4.14. The van der Waals surface area contributed by atoms with Crippen LogP contribution in [-0.4, -0.2) is 24.6 Å². The number of nitrogens with one attached hydrogen (secondary N) is 1. The van der Waals surface area contributed by atoms with Crippen molar-refractivity contribution in [2.75, 3.05) is 0 Å². The van der Waals surface area contributed by atoms with Crippen molar-refractivity contribution in [3.8, 4) is 11.1 Å². The van der Waals surface area contributed by atoms with Gasteiger partial charge in [0.1, 0.15) is 12.0 Å². The van der Waals surface area contributed by atoms with Crippen LogP contribution in [0.4, 0.5) is 0 Å². The normalized spacial score (nSPS) is 11.6. The van der Waals surface area contributed by atoms with Gasteiger partial charge in [0.05, 0.1) is 23.1 Å². The molecule has 1 aromatic carbocycles. The van der Waals surface area contributed by atoms with Gasteiger partial charge >= 0.3 is 0 Å². The Balaban J connectivity index is 2.06. The number of aryl methyl sites for hydroxylation is 3. The largest absolute Gasteiger partial charge is 0.290 e. The molecule has 0 amide bonds. The smallest absolute Gasteiger partial charge is 0.147 e. The topological polar surface area (TPSA) is 58.9 Å². The molecule has 0 atom stereocenters. The van der Waals surface area contributed by atoms with Crippen molar-refractivity contribution in [3.63, 3.8) is 0 Å². The van der Waals surface area contributed by atoms with E-state index in [1.54, 1.807) is 0 Å². The first-order valence-corrected chi connectivity index (χ1v) is 7.44. The Labute approximate surface area is 128 Å². The molecule has 110 valence electrons. The molecule has 22 heavy (non-hydrogen) atoms. The van der Waals surface area contributed by atoms with Crippen LogP contribution in [-0.2, 0) is 6.42 Å². The van der Waals surface area contributed by atoms with E-state index in [-0.39, 0.29) is 0 Å². The molecule has 5 heteroatoms. The molecule has 0 saturated heterocycles. The van der Waals surface area contributed by atoms with Crippen molar-refractivity contribution in [2.45, 2.75) is 27.2 Å². The number of nitrogens with zero attached hydrogens (tertiary/aromatic N) is 4. The Morgan fingerprint density at radius 1 is 1.23 bits per heavy atom. The summed E-state index contributed by atoms with van der Waals surface area (Å²) in [6.07, 6.45) is 6.66. The predicted octanol–water partition coefficient (Wildman–Crippen LogP) is 3.45. The van der Waals surface area contributed by atoms with Crippen LogP contribution in [0.5, 0.6) is 0 Å². The first-order valence-electron chi connectivity index (χ1n) is 7.44. The molecule has 0 radical (unpaired) electrons. The maximum absolute atomic E-state index is 4.77. The van der Waals surface area contributed by atoms with E-state index in [9.17, 15) is 0 Å². The minimum absolute atomic E-state index is 0.917. The van der Waals surface area contributed by atoms with Crippen molar-refractivity contribution in [2.24, 2.45) is 0 Å². The maximum Gasteiger partial charge on any atom is 0.147 e. The van der Waals surface area contributed by atoms with Gasteiger partial charge in [-0.15, -0.1) is 0 Å². The monoisotopic (exact) mass is 291 g/mol. The molecule has 0 aliphatic carbocycles. The van der Waals surface area contributed by atoms with Crippen LogP contribution in [0.25, 0.3) is 27.7 Å². The number of fused-ring (bicyclic) bond motifs is 2. The summed E-state index contributed by atoms with van der Waals surface area (Å²) in [5.41, 5.74) is 7.51. The molecule has 3 aromatic heterocycles. The van der Waals surface area contributed by atoms with Gasteiger partial charge < -0.3 is 0 Å². The molecule has 4 aromatic rings. The van der Waals surface area contributed by atoms with E-state index >= 15 is 0 Å². The quantitative estimate of drug-likeness (QED) is 0.615. The standard InChI is InChI=1S/C17H17N5/c1-4-14-8-22-9-18-11(3)15(17(22)20-14)12-5-10(2)16-13(6-12)7-19-21-16/h5-9H,4H2,1-3H3,(H,19,21). The average molecular weight is 291 g/mol. The average Bonchev–Trinajstić information content (AvgIpc) is 3.12. The number of H-pyrrole nitrogens is 1. The molecular weight excluding hydrogens is 274 g/mol. The summed E-state index contributed by atoms with van der Waals surface area (Å²) in [6, 6.07) is 4.32. The van der Waals surface area contributed by atoms with Crippen LogP contribution in [0, 0.1) is 13.8 Å². The van der Waals surface area contributed by atoms with Gasteiger partial charge in [-0.3, -0.25) is 9.50 Å². The van der Waals surface area contributed by atoms with Crippen molar-refractivity contribution in [1.82, 2.24) is 24.6 Å². The third-order valence-corrected chi connectivity index (χ3v) is 4.14. The number of hydrogen-bond acceptors (Lipinski definition) is 3. The molecule has 0 spiro atoms. The van der Waals surface area contributed by atoms with E-state index in [0.29, 0.717) is 0 Å². The van der Waals surface area contributed by atoms with Crippen LogP contribution in [0.15, 0.2) is 30.9 Å². The lowest BCUT2D eigenvalue weighted by molar-refractivity contribution is 1.04. The maximum atomic E-state index is 4.77. The molecule has 0 unspecified atom stereocenters. The number of rotatable bonds is 2. The Kier molecular flexibility index (Phi) is 2.76. The van der Waals surface area contributed by atoms with Gasteiger partial charge in [0.25, 0.3) is 0 Å². The van der Waals surface area contributed by atoms with Gasteiger partial charge in [-0.1, -0.05) is 6.92 Å². The van der Waals surface area contributed by atoms with Crippen LogP contribution < -0.4 is 0 Å². The summed E-state index contributed by atoms with van der Waals surface area (Å²) < 4.78 is 2.01. The minimum Gasteiger partial charge on any atom is -0.290 e. The van der Waals surface area contributed by atoms with E-state index in [4.69, 9.17) is 4.98 Å². The molecule has 1 N–H and O–H groups in total. The van der Waals surface area contributed by atoms with Crippen LogP contribution in [0.2, 0.25) is 0 Å². The second-order valence-corrected chi connectivity index (χ2v) is 5.65. The molecule has 0 aliphatic heterocycles. The highest BCUT2D eigenvalue weighted by Gasteiger charge is 2.14. The zero-order valence-corrected chi connectivity index (χ0v) is 12.9. The van der Waals surface area contributed by atoms with Gasteiger partial charge in [-0.05, 0) is 43.5 Å². The summed E-state index contributed by atoms with van der Waals surface area (Å²) in [4.78, 5) is 9.29. The van der Waals surface area contributed by atoms with E-state index in [0.717, 1.165) is 45.5 Å². The van der Waals surface area contributed by atoms with Gasteiger partial charge in [0, 0.05) is 17.1 Å². The number of aromatic nitrogens is 5. The van der Waals surface area contributed by atoms with E-state index in [1.807, 2.05) is 23.8 Å². The molecule has 0 fully saturated rings. The van der Waals surface area contributed by atoms with Crippen molar-refractivity contribution in [3.05, 3.63) is 47.8 Å². The first-order chi connectivity index (χ1) is 10.7. The Morgan fingerprint density at radius 3 is 2.91 bits per heavy atom. The number of imidazole rings is 1. The molecule has 0 saturated carbocycles. The number of benzene rings is 1. The highest BCUT2D eigenvalue weighted by Crippen LogP contribution is 2.30. The molecular formula is C17H17N5. The first kappa shape index (κ1) is 13.0. The van der Waals surface area contributed by atoms with E-state index in [1.165, 1.54) is 5.56 Å². The second kappa shape index (κ2) is 4.66. The fraction of sp³-hybridized carbons (Fsp3) is 0.235. The highest BCUT2D eigenvalue weighted by atomic mass is 15.1. The van der Waals surface area contributed by atoms with Crippen LogP contribution >= 0.6 is 0 Å². The Bertz CT molecular complexity index is 993. The second-order valence-electron chi connectivity index (χ2n) is 5.65. The van der Waals surface area contributed by atoms with E-state index < -0.39 is 0 Å². The molecule has 0 bridgehead atoms. The lowest BCUT2D eigenvalue weighted by Gasteiger charge is -2.09. The van der Waals surface area contributed by atoms with Gasteiger partial charge in [0.15, 0.2) is 0 Å². The summed E-state index contributed by atoms with van der Waals surface area (Å²) in [5, 5.41) is 8.29. The summed E-state index contributed by atoms with van der Waals surface area (Å²) in [5.74, 6) is 0. The molecule has 4 rings (SSSR count). The Morgan fingerprint density at radius 2 is 2.09 bits per heavy atom. The molecule has 0 aliphatic rings. The number of hydrogen-bond donors (Lipinski definition) is 1. The zero-order chi connectivity index (χ0) is 15.3. The molecule has 5 nitrogen and oxygen atoms in total. The fourth-order valence-corrected chi connectivity index (χ4v) is 2.98.